The van der Waals surface area contributed by atoms with Crippen LogP contribution in [0.15, 0.2) is 176 Å². The molecule has 10 rings (SSSR count). The van der Waals surface area contributed by atoms with E-state index in [0.29, 0.717) is 0 Å². The van der Waals surface area contributed by atoms with Gasteiger partial charge in [0.2, 0.25) is 0 Å². The molecule has 0 aliphatic heterocycles. The maximum absolute atomic E-state index is 2.41. The second-order valence-corrected chi connectivity index (χ2v) is 13.6. The summed E-state index contributed by atoms with van der Waals surface area (Å²) in [6.45, 7) is 0. The minimum absolute atomic E-state index is 1.13. The molecule has 1 aromatic heterocycles. The fourth-order valence-corrected chi connectivity index (χ4v) is 8.65. The normalized spacial score (nSPS) is 11.8. The molecule has 0 bridgehead atoms. The van der Waals surface area contributed by atoms with Gasteiger partial charge in [0, 0.05) is 37.2 Å². The highest BCUT2D eigenvalue weighted by Crippen LogP contribution is 2.43. The second kappa shape index (κ2) is 10.8. The highest BCUT2D eigenvalue weighted by molar-refractivity contribution is 7.25. The zero-order chi connectivity index (χ0) is 31.6. The summed E-state index contributed by atoms with van der Waals surface area (Å²) in [5.41, 5.74) is 5.89. The van der Waals surface area contributed by atoms with Crippen molar-refractivity contribution in [1.29, 1.82) is 0 Å². The molecule has 0 unspecified atom stereocenters. The molecule has 0 aliphatic carbocycles. The average Bonchev–Trinajstić information content (AvgIpc) is 3.53. The highest BCUT2D eigenvalue weighted by atomic mass is 32.1. The molecule has 1 heterocycles. The number of hydrogen-bond donors (Lipinski definition) is 0. The fourth-order valence-electron chi connectivity index (χ4n) is 7.51. The summed E-state index contributed by atoms with van der Waals surface area (Å²) < 4.78 is 2.61. The summed E-state index contributed by atoms with van der Waals surface area (Å²) in [5.74, 6) is 0. The van der Waals surface area contributed by atoms with Gasteiger partial charge in [0.05, 0.1) is 0 Å². The van der Waals surface area contributed by atoms with E-state index in [1.807, 2.05) is 11.3 Å². The smallest absolute Gasteiger partial charge is 0.0476 e. The summed E-state index contributed by atoms with van der Waals surface area (Å²) in [4.78, 5) is 2.41. The van der Waals surface area contributed by atoms with E-state index in [4.69, 9.17) is 0 Å². The summed E-state index contributed by atoms with van der Waals surface area (Å²) in [7, 11) is 0. The third-order valence-corrected chi connectivity index (χ3v) is 11.0. The Morgan fingerprint density at radius 3 is 1.69 bits per heavy atom. The molecule has 0 fully saturated rings. The Balaban J connectivity index is 1.17. The van der Waals surface area contributed by atoms with Crippen molar-refractivity contribution in [3.8, 4) is 11.1 Å². The molecule has 0 spiro atoms. The predicted octanol–water partition coefficient (Wildman–Crippen LogP) is 13.8. The van der Waals surface area contributed by atoms with Gasteiger partial charge in [-0.1, -0.05) is 133 Å². The van der Waals surface area contributed by atoms with Crippen molar-refractivity contribution in [1.82, 2.24) is 0 Å². The van der Waals surface area contributed by atoms with Gasteiger partial charge < -0.3 is 4.90 Å². The van der Waals surface area contributed by atoms with Crippen LogP contribution in [0.25, 0.3) is 74.4 Å². The lowest BCUT2D eigenvalue weighted by molar-refractivity contribution is 1.30. The molecular formula is C46H29NS. The van der Waals surface area contributed by atoms with Crippen LogP contribution >= 0.6 is 11.3 Å². The Morgan fingerprint density at radius 1 is 0.312 bits per heavy atom. The van der Waals surface area contributed by atoms with Crippen LogP contribution in [0.1, 0.15) is 0 Å². The molecule has 224 valence electrons. The lowest BCUT2D eigenvalue weighted by Gasteiger charge is -2.26. The zero-order valence-corrected chi connectivity index (χ0v) is 26.9. The third kappa shape index (κ3) is 4.31. The average molecular weight is 628 g/mol. The molecular weight excluding hydrogens is 599 g/mol. The molecule has 0 N–H and O–H groups in total. The van der Waals surface area contributed by atoms with Crippen LogP contribution in [0.2, 0.25) is 0 Å². The lowest BCUT2D eigenvalue weighted by Crippen LogP contribution is -2.09. The van der Waals surface area contributed by atoms with Gasteiger partial charge >= 0.3 is 0 Å². The van der Waals surface area contributed by atoms with Gasteiger partial charge in [-0.3, -0.25) is 0 Å². The number of rotatable bonds is 4. The summed E-state index contributed by atoms with van der Waals surface area (Å²) in [6.07, 6.45) is 0. The van der Waals surface area contributed by atoms with Gasteiger partial charge in [0.1, 0.15) is 0 Å². The molecule has 48 heavy (non-hydrogen) atoms. The first-order valence-electron chi connectivity index (χ1n) is 16.4. The van der Waals surface area contributed by atoms with E-state index in [0.717, 1.165) is 17.1 Å². The van der Waals surface area contributed by atoms with Crippen molar-refractivity contribution in [2.24, 2.45) is 0 Å². The highest BCUT2D eigenvalue weighted by Gasteiger charge is 2.17. The Kier molecular flexibility index (Phi) is 6.12. The molecule has 0 saturated carbocycles. The first-order chi connectivity index (χ1) is 23.8. The molecule has 10 aromatic rings. The Bertz CT molecular complexity index is 2840. The van der Waals surface area contributed by atoms with E-state index < -0.39 is 0 Å². The van der Waals surface area contributed by atoms with Crippen LogP contribution in [-0.4, -0.2) is 0 Å². The van der Waals surface area contributed by atoms with Crippen LogP contribution in [0.3, 0.4) is 0 Å². The SMILES string of the molecule is c1ccc2c(-c3ccc(N(c4ccc5c(c4)sc4ccccc45)c4ccc5ccc6c7ccccc7ccc6c5c4)cc3)cccc2c1. The van der Waals surface area contributed by atoms with Crippen LogP contribution in [0, 0.1) is 0 Å². The van der Waals surface area contributed by atoms with Crippen molar-refractivity contribution >= 4 is 91.7 Å². The van der Waals surface area contributed by atoms with E-state index in [-0.39, 0.29) is 0 Å². The van der Waals surface area contributed by atoms with E-state index in [1.54, 1.807) is 0 Å². The molecule has 0 aliphatic rings. The van der Waals surface area contributed by atoms with E-state index >= 15 is 0 Å². The maximum atomic E-state index is 2.41. The number of fused-ring (bicyclic) bond motifs is 9. The van der Waals surface area contributed by atoms with Gasteiger partial charge in [0.25, 0.3) is 0 Å². The first-order valence-corrected chi connectivity index (χ1v) is 17.2. The van der Waals surface area contributed by atoms with Crippen molar-refractivity contribution in [3.63, 3.8) is 0 Å². The van der Waals surface area contributed by atoms with Gasteiger partial charge in [-0.25, -0.2) is 0 Å². The van der Waals surface area contributed by atoms with Gasteiger partial charge in [-0.15, -0.1) is 11.3 Å². The fraction of sp³-hybridized carbons (Fsp3) is 0. The first kappa shape index (κ1) is 27.2. The van der Waals surface area contributed by atoms with Crippen LogP contribution in [0.5, 0.6) is 0 Å². The maximum Gasteiger partial charge on any atom is 0.0476 e. The summed E-state index contributed by atoms with van der Waals surface area (Å²) >= 11 is 1.86. The van der Waals surface area contributed by atoms with Crippen molar-refractivity contribution < 1.29 is 0 Å². The Morgan fingerprint density at radius 2 is 0.854 bits per heavy atom. The number of anilines is 3. The van der Waals surface area contributed by atoms with E-state index in [9.17, 15) is 0 Å². The lowest BCUT2D eigenvalue weighted by atomic mass is 9.96. The monoisotopic (exact) mass is 627 g/mol. The molecule has 0 saturated heterocycles. The van der Waals surface area contributed by atoms with Crippen molar-refractivity contribution in [2.75, 3.05) is 4.90 Å². The van der Waals surface area contributed by atoms with Crippen LogP contribution in [-0.2, 0) is 0 Å². The summed E-state index contributed by atoms with van der Waals surface area (Å²) in [6, 6.07) is 64.6. The van der Waals surface area contributed by atoms with E-state index in [1.165, 1.54) is 74.4 Å². The van der Waals surface area contributed by atoms with Gasteiger partial charge in [-0.05, 0) is 96.7 Å². The second-order valence-electron chi connectivity index (χ2n) is 12.5. The molecule has 1 nitrogen and oxygen atoms in total. The minimum atomic E-state index is 1.13. The van der Waals surface area contributed by atoms with Gasteiger partial charge in [-0.2, -0.15) is 0 Å². The number of nitrogens with zero attached hydrogens (tertiary/aromatic N) is 1. The van der Waals surface area contributed by atoms with Crippen LogP contribution in [0.4, 0.5) is 17.1 Å². The standard InChI is InChI=1S/C46H29NS/c1-3-11-37-30(8-1)10-7-14-38(37)32-16-21-34(22-17-32)47(36-24-27-43-42-13-5-6-15-45(42)48-46(43)29-36)35-23-18-33-20-25-40-39-12-4-2-9-31(39)19-26-41(40)44(33)28-35/h1-29H. The number of benzene rings is 9. The predicted molar refractivity (Wildman–Crippen MR) is 209 cm³/mol. The zero-order valence-electron chi connectivity index (χ0n) is 26.1. The molecule has 2 heteroatoms. The third-order valence-electron chi connectivity index (χ3n) is 9.83. The molecule has 0 radical (unpaired) electrons. The van der Waals surface area contributed by atoms with Crippen molar-refractivity contribution in [2.45, 2.75) is 0 Å². The minimum Gasteiger partial charge on any atom is -0.310 e. The van der Waals surface area contributed by atoms with Gasteiger partial charge in [0.15, 0.2) is 0 Å². The molecule has 0 amide bonds. The number of thiophene rings is 1. The Hall–Kier alpha value is -5.96. The molecule has 9 aromatic carbocycles. The van der Waals surface area contributed by atoms with Crippen LogP contribution < -0.4 is 4.90 Å². The quantitative estimate of drug-likeness (QED) is 0.176. The van der Waals surface area contributed by atoms with E-state index in [2.05, 4.69) is 181 Å². The molecule has 0 atom stereocenters. The Labute approximate surface area is 282 Å². The largest absolute Gasteiger partial charge is 0.310 e. The summed E-state index contributed by atoms with van der Waals surface area (Å²) in [5, 5.41) is 12.8. The number of hydrogen-bond acceptors (Lipinski definition) is 2. The topological polar surface area (TPSA) is 3.24 Å². The van der Waals surface area contributed by atoms with Crippen molar-refractivity contribution in [3.05, 3.63) is 176 Å².